The summed E-state index contributed by atoms with van der Waals surface area (Å²) in [7, 11) is 0. The van der Waals surface area contributed by atoms with Crippen LogP contribution in [0.2, 0.25) is 0 Å². The van der Waals surface area contributed by atoms with Crippen molar-refractivity contribution in [1.29, 1.82) is 5.41 Å². The van der Waals surface area contributed by atoms with Gasteiger partial charge in [-0.3, -0.25) is 0 Å². The second-order valence-corrected chi connectivity index (χ2v) is 4.16. The van der Waals surface area contributed by atoms with Crippen LogP contribution in [0.3, 0.4) is 0 Å². The number of rotatable bonds is 2. The molecule has 0 aromatic heterocycles. The van der Waals surface area contributed by atoms with Crippen LogP contribution in [-0.4, -0.2) is 5.71 Å². The van der Waals surface area contributed by atoms with E-state index in [0.717, 1.165) is 18.6 Å². The van der Waals surface area contributed by atoms with Crippen molar-refractivity contribution in [2.24, 2.45) is 5.92 Å². The molecule has 16 heavy (non-hydrogen) atoms. The second-order valence-electron chi connectivity index (χ2n) is 4.16. The molecular formula is C15H23N. The standard InChI is InChI=1S/C13H17N.C2H6/c14-13-9-5-4-8-12(13)10-11-6-2-1-3-7-11;1-2/h1-3,6-7,12,14H,4-5,8-10H2;1-2H3. The minimum atomic E-state index is 0.520. The maximum Gasteiger partial charge on any atom is 0.0123 e. The van der Waals surface area contributed by atoms with Gasteiger partial charge in [0.25, 0.3) is 0 Å². The Hall–Kier alpha value is -1.11. The molecule has 1 saturated carbocycles. The van der Waals surface area contributed by atoms with Crippen LogP contribution in [0, 0.1) is 11.3 Å². The zero-order chi connectivity index (χ0) is 11.8. The summed E-state index contributed by atoms with van der Waals surface area (Å²) < 4.78 is 0. The number of hydrogen-bond acceptors (Lipinski definition) is 1. The Morgan fingerprint density at radius 3 is 2.44 bits per heavy atom. The van der Waals surface area contributed by atoms with Crippen molar-refractivity contribution in [2.75, 3.05) is 0 Å². The fraction of sp³-hybridized carbons (Fsp3) is 0.533. The molecule has 1 nitrogen and oxygen atoms in total. The lowest BCUT2D eigenvalue weighted by Crippen LogP contribution is -2.20. The summed E-state index contributed by atoms with van der Waals surface area (Å²) in [5.74, 6) is 0.520. The predicted octanol–water partition coefficient (Wildman–Crippen LogP) is 4.47. The Kier molecular flexibility index (Phi) is 5.84. The fourth-order valence-corrected chi connectivity index (χ4v) is 2.21. The third-order valence-corrected chi connectivity index (χ3v) is 3.07. The van der Waals surface area contributed by atoms with E-state index in [2.05, 4.69) is 30.3 Å². The first-order valence-electron chi connectivity index (χ1n) is 6.47. The van der Waals surface area contributed by atoms with Crippen molar-refractivity contribution < 1.29 is 0 Å². The molecule has 1 aliphatic rings. The summed E-state index contributed by atoms with van der Waals surface area (Å²) in [6.45, 7) is 4.00. The number of benzene rings is 1. The normalized spacial score (nSPS) is 19.9. The van der Waals surface area contributed by atoms with Gasteiger partial charge >= 0.3 is 0 Å². The topological polar surface area (TPSA) is 23.9 Å². The molecule has 1 atom stereocenters. The van der Waals surface area contributed by atoms with Gasteiger partial charge in [-0.25, -0.2) is 0 Å². The van der Waals surface area contributed by atoms with Crippen LogP contribution in [0.1, 0.15) is 45.1 Å². The van der Waals surface area contributed by atoms with Crippen molar-refractivity contribution in [3.8, 4) is 0 Å². The molecule has 2 rings (SSSR count). The van der Waals surface area contributed by atoms with Gasteiger partial charge in [0.15, 0.2) is 0 Å². The van der Waals surface area contributed by atoms with Gasteiger partial charge in [0.1, 0.15) is 0 Å². The van der Waals surface area contributed by atoms with Crippen molar-refractivity contribution in [2.45, 2.75) is 46.0 Å². The minimum absolute atomic E-state index is 0.520. The van der Waals surface area contributed by atoms with Crippen molar-refractivity contribution in [3.63, 3.8) is 0 Å². The molecule has 0 radical (unpaired) electrons. The van der Waals surface area contributed by atoms with E-state index < -0.39 is 0 Å². The molecule has 0 bridgehead atoms. The van der Waals surface area contributed by atoms with E-state index in [1.54, 1.807) is 0 Å². The molecular weight excluding hydrogens is 194 g/mol. The summed E-state index contributed by atoms with van der Waals surface area (Å²) in [5, 5.41) is 7.90. The van der Waals surface area contributed by atoms with Crippen LogP contribution >= 0.6 is 0 Å². The van der Waals surface area contributed by atoms with Gasteiger partial charge in [-0.05, 0) is 31.2 Å². The van der Waals surface area contributed by atoms with E-state index in [0.29, 0.717) is 5.92 Å². The largest absolute Gasteiger partial charge is 0.309 e. The molecule has 1 aromatic carbocycles. The molecule has 0 saturated heterocycles. The van der Waals surface area contributed by atoms with Crippen LogP contribution in [0.25, 0.3) is 0 Å². The van der Waals surface area contributed by atoms with E-state index in [1.165, 1.54) is 24.8 Å². The van der Waals surface area contributed by atoms with Crippen LogP contribution in [-0.2, 0) is 6.42 Å². The third-order valence-electron chi connectivity index (χ3n) is 3.07. The predicted molar refractivity (Wildman–Crippen MR) is 71.2 cm³/mol. The first kappa shape index (κ1) is 13.0. The molecule has 1 heteroatoms. The van der Waals surface area contributed by atoms with E-state index in [1.807, 2.05) is 13.8 Å². The van der Waals surface area contributed by atoms with E-state index in [9.17, 15) is 0 Å². The SMILES string of the molecule is CC.N=C1CCCCC1Cc1ccccc1. The highest BCUT2D eigenvalue weighted by molar-refractivity contribution is 5.84. The monoisotopic (exact) mass is 217 g/mol. The zero-order valence-corrected chi connectivity index (χ0v) is 10.5. The maximum absolute atomic E-state index is 7.90. The minimum Gasteiger partial charge on any atom is -0.309 e. The average molecular weight is 217 g/mol. The van der Waals surface area contributed by atoms with Crippen molar-refractivity contribution in [3.05, 3.63) is 35.9 Å². The van der Waals surface area contributed by atoms with Crippen molar-refractivity contribution in [1.82, 2.24) is 0 Å². The molecule has 1 unspecified atom stereocenters. The van der Waals surface area contributed by atoms with E-state index in [-0.39, 0.29) is 0 Å². The second kappa shape index (κ2) is 7.21. The van der Waals surface area contributed by atoms with Crippen molar-refractivity contribution >= 4 is 5.71 Å². The van der Waals surface area contributed by atoms with Gasteiger partial charge in [0.05, 0.1) is 0 Å². The van der Waals surface area contributed by atoms with Gasteiger partial charge in [-0.15, -0.1) is 0 Å². The summed E-state index contributed by atoms with van der Waals surface area (Å²) >= 11 is 0. The third kappa shape index (κ3) is 3.80. The van der Waals surface area contributed by atoms with Gasteiger partial charge < -0.3 is 5.41 Å². The molecule has 0 spiro atoms. The highest BCUT2D eigenvalue weighted by Crippen LogP contribution is 2.24. The Bertz CT molecular complexity index is 302. The summed E-state index contributed by atoms with van der Waals surface area (Å²) in [6.07, 6.45) is 5.84. The number of hydrogen-bond donors (Lipinski definition) is 1. The van der Waals surface area contributed by atoms with Gasteiger partial charge in [0, 0.05) is 11.6 Å². The summed E-state index contributed by atoms with van der Waals surface area (Å²) in [5.41, 5.74) is 2.35. The summed E-state index contributed by atoms with van der Waals surface area (Å²) in [6, 6.07) is 10.6. The van der Waals surface area contributed by atoms with Crippen LogP contribution in [0.15, 0.2) is 30.3 Å². The van der Waals surface area contributed by atoms with Crippen LogP contribution in [0.5, 0.6) is 0 Å². The van der Waals surface area contributed by atoms with Crippen LogP contribution < -0.4 is 0 Å². The van der Waals surface area contributed by atoms with Gasteiger partial charge in [-0.1, -0.05) is 50.6 Å². The highest BCUT2D eigenvalue weighted by Gasteiger charge is 2.18. The molecule has 1 aromatic rings. The highest BCUT2D eigenvalue weighted by atomic mass is 14.5. The Labute approximate surface area is 99.4 Å². The first-order chi connectivity index (χ1) is 7.86. The average Bonchev–Trinajstić information content (AvgIpc) is 2.36. The lowest BCUT2D eigenvalue weighted by atomic mass is 9.83. The lowest BCUT2D eigenvalue weighted by Gasteiger charge is -2.22. The Morgan fingerprint density at radius 2 is 1.81 bits per heavy atom. The summed E-state index contributed by atoms with van der Waals surface area (Å²) in [4.78, 5) is 0. The quantitative estimate of drug-likeness (QED) is 0.756. The Balaban J connectivity index is 0.000000606. The smallest absolute Gasteiger partial charge is 0.0123 e. The Morgan fingerprint density at radius 1 is 1.12 bits per heavy atom. The van der Waals surface area contributed by atoms with E-state index in [4.69, 9.17) is 5.41 Å². The molecule has 0 heterocycles. The number of nitrogens with one attached hydrogen (secondary N) is 1. The van der Waals surface area contributed by atoms with Gasteiger partial charge in [0.2, 0.25) is 0 Å². The lowest BCUT2D eigenvalue weighted by molar-refractivity contribution is 0.521. The van der Waals surface area contributed by atoms with E-state index >= 15 is 0 Å². The molecule has 1 N–H and O–H groups in total. The molecule has 0 aliphatic heterocycles. The molecule has 1 fully saturated rings. The fourth-order valence-electron chi connectivity index (χ4n) is 2.21. The molecule has 0 amide bonds. The maximum atomic E-state index is 7.90. The zero-order valence-electron chi connectivity index (χ0n) is 10.5. The van der Waals surface area contributed by atoms with Crippen LogP contribution in [0.4, 0.5) is 0 Å². The van der Waals surface area contributed by atoms with Gasteiger partial charge in [-0.2, -0.15) is 0 Å². The molecule has 1 aliphatic carbocycles. The molecule has 88 valence electrons. The first-order valence-corrected chi connectivity index (χ1v) is 6.47.